The summed E-state index contributed by atoms with van der Waals surface area (Å²) in [6.45, 7) is -1.66. The second-order valence-electron chi connectivity index (χ2n) is 7.04. The highest BCUT2D eigenvalue weighted by Crippen LogP contribution is 2.51. The topological polar surface area (TPSA) is 140 Å². The van der Waals surface area contributed by atoms with Gasteiger partial charge in [-0.25, -0.2) is 0 Å². The zero-order chi connectivity index (χ0) is 20.7. The van der Waals surface area contributed by atoms with Crippen LogP contribution in [0.1, 0.15) is 22.6 Å². The van der Waals surface area contributed by atoms with Crippen molar-refractivity contribution in [2.75, 3.05) is 27.4 Å². The molecule has 0 radical (unpaired) electrons. The van der Waals surface area contributed by atoms with Gasteiger partial charge in [0, 0.05) is 12.3 Å². The van der Waals surface area contributed by atoms with Gasteiger partial charge in [-0.2, -0.15) is 0 Å². The molecule has 28 heavy (non-hydrogen) atoms. The summed E-state index contributed by atoms with van der Waals surface area (Å²) in [6, 6.07) is 7.26. The number of methoxy groups -OCH3 is 2. The number of phenolic OH excluding ortho intramolecular Hbond substituents is 2. The first-order valence-corrected chi connectivity index (χ1v) is 8.67. The lowest BCUT2D eigenvalue weighted by Crippen LogP contribution is -2.65. The first-order chi connectivity index (χ1) is 13.2. The van der Waals surface area contributed by atoms with Gasteiger partial charge in [0.2, 0.25) is 0 Å². The molecule has 1 aliphatic rings. The summed E-state index contributed by atoms with van der Waals surface area (Å²) in [5, 5.41) is 62.4. The molecule has 2 aromatic rings. The first kappa shape index (κ1) is 20.2. The quantitative estimate of drug-likeness (QED) is 0.426. The highest BCUT2D eigenvalue weighted by molar-refractivity contribution is 5.56. The molecule has 0 aliphatic heterocycles. The number of hydrogen-bond donors (Lipinski definition) is 6. The van der Waals surface area contributed by atoms with E-state index in [-0.39, 0.29) is 29.4 Å². The largest absolute Gasteiger partial charge is 0.504 e. The lowest BCUT2D eigenvalue weighted by molar-refractivity contribution is -0.201. The van der Waals surface area contributed by atoms with Crippen LogP contribution in [0.15, 0.2) is 30.3 Å². The van der Waals surface area contributed by atoms with Gasteiger partial charge in [-0.05, 0) is 41.0 Å². The van der Waals surface area contributed by atoms with Gasteiger partial charge in [0.1, 0.15) is 11.2 Å². The number of hydrogen-bond acceptors (Lipinski definition) is 8. The SMILES string of the molecule is COc1cc(C2c3cc(O)c(OC)cc3CC(O)(CO)C2(O)CO)ccc1O. The van der Waals surface area contributed by atoms with Crippen LogP contribution >= 0.6 is 0 Å². The molecular weight excluding hydrogens is 368 g/mol. The number of aromatic hydroxyl groups is 2. The fourth-order valence-corrected chi connectivity index (χ4v) is 3.97. The van der Waals surface area contributed by atoms with Gasteiger partial charge < -0.3 is 40.1 Å². The van der Waals surface area contributed by atoms with E-state index in [1.54, 1.807) is 0 Å². The Morgan fingerprint density at radius 2 is 1.57 bits per heavy atom. The Morgan fingerprint density at radius 1 is 0.929 bits per heavy atom. The third-order valence-corrected chi connectivity index (χ3v) is 5.56. The van der Waals surface area contributed by atoms with Crippen molar-refractivity contribution in [3.05, 3.63) is 47.0 Å². The molecule has 0 saturated carbocycles. The van der Waals surface area contributed by atoms with Crippen molar-refractivity contribution in [1.82, 2.24) is 0 Å². The van der Waals surface area contributed by atoms with Crippen LogP contribution in [0.3, 0.4) is 0 Å². The number of aliphatic hydroxyl groups is 4. The molecule has 0 saturated heterocycles. The molecule has 0 bridgehead atoms. The monoisotopic (exact) mass is 392 g/mol. The molecule has 0 spiro atoms. The number of fused-ring (bicyclic) bond motifs is 1. The van der Waals surface area contributed by atoms with Crippen molar-refractivity contribution < 1.29 is 40.1 Å². The van der Waals surface area contributed by atoms with E-state index in [1.165, 1.54) is 44.6 Å². The van der Waals surface area contributed by atoms with Gasteiger partial charge in [0.05, 0.1) is 27.4 Å². The molecule has 152 valence electrons. The van der Waals surface area contributed by atoms with Crippen LogP contribution in [0.25, 0.3) is 0 Å². The second kappa shape index (κ2) is 7.14. The standard InChI is InChI=1S/C20H24O8/c1-27-16-5-11(3-4-14(16)23)18-13-7-15(24)17(28-2)6-12(13)8-19(25,9-21)20(18,26)10-22/h3-7,18,21-26H,8-10H2,1-2H3. The van der Waals surface area contributed by atoms with Gasteiger partial charge in [0.15, 0.2) is 23.0 Å². The van der Waals surface area contributed by atoms with Crippen molar-refractivity contribution >= 4 is 0 Å². The van der Waals surface area contributed by atoms with Gasteiger partial charge in [-0.1, -0.05) is 6.07 Å². The van der Waals surface area contributed by atoms with E-state index < -0.39 is 30.3 Å². The molecule has 0 aromatic heterocycles. The van der Waals surface area contributed by atoms with Gasteiger partial charge in [-0.3, -0.25) is 0 Å². The van der Waals surface area contributed by atoms with E-state index >= 15 is 0 Å². The molecule has 2 aromatic carbocycles. The normalized spacial score (nSPS) is 26.6. The summed E-state index contributed by atoms with van der Waals surface area (Å²) in [6.07, 6.45) is -0.168. The molecule has 0 fully saturated rings. The van der Waals surface area contributed by atoms with E-state index in [9.17, 15) is 30.6 Å². The van der Waals surface area contributed by atoms with Crippen molar-refractivity contribution in [2.45, 2.75) is 23.5 Å². The smallest absolute Gasteiger partial charge is 0.160 e. The Balaban J connectivity index is 2.32. The summed E-state index contributed by atoms with van der Waals surface area (Å²) < 4.78 is 10.3. The number of benzene rings is 2. The van der Waals surface area contributed by atoms with Crippen LogP contribution in [0, 0.1) is 0 Å². The van der Waals surface area contributed by atoms with Crippen molar-refractivity contribution in [2.24, 2.45) is 0 Å². The average molecular weight is 392 g/mol. The van der Waals surface area contributed by atoms with Gasteiger partial charge >= 0.3 is 0 Å². The van der Waals surface area contributed by atoms with Crippen molar-refractivity contribution in [3.63, 3.8) is 0 Å². The molecule has 3 atom stereocenters. The summed E-state index contributed by atoms with van der Waals surface area (Å²) in [7, 11) is 2.75. The van der Waals surface area contributed by atoms with Crippen LogP contribution in [0.4, 0.5) is 0 Å². The fourth-order valence-electron chi connectivity index (χ4n) is 3.97. The Morgan fingerprint density at radius 3 is 2.14 bits per heavy atom. The lowest BCUT2D eigenvalue weighted by atomic mass is 9.61. The van der Waals surface area contributed by atoms with E-state index in [1.807, 2.05) is 0 Å². The van der Waals surface area contributed by atoms with Crippen LogP contribution in [-0.2, 0) is 6.42 Å². The summed E-state index contributed by atoms with van der Waals surface area (Å²) in [5.41, 5.74) is -2.85. The minimum absolute atomic E-state index is 0.121. The highest BCUT2D eigenvalue weighted by Gasteiger charge is 2.58. The van der Waals surface area contributed by atoms with Crippen LogP contribution in [0.5, 0.6) is 23.0 Å². The maximum atomic E-state index is 11.3. The number of phenols is 2. The second-order valence-corrected chi connectivity index (χ2v) is 7.04. The predicted molar refractivity (Wildman–Crippen MR) is 98.9 cm³/mol. The zero-order valence-electron chi connectivity index (χ0n) is 15.6. The predicted octanol–water partition coefficient (Wildman–Crippen LogP) is 0.250. The molecule has 3 unspecified atom stereocenters. The Kier molecular flexibility index (Phi) is 5.16. The van der Waals surface area contributed by atoms with Gasteiger partial charge in [0.25, 0.3) is 0 Å². The van der Waals surface area contributed by atoms with Crippen LogP contribution in [-0.4, -0.2) is 69.3 Å². The fraction of sp³-hybridized carbons (Fsp3) is 0.400. The number of ether oxygens (including phenoxy) is 2. The molecule has 6 N–H and O–H groups in total. The molecule has 3 rings (SSSR count). The molecule has 0 heterocycles. The third kappa shape index (κ3) is 2.85. The van der Waals surface area contributed by atoms with E-state index in [4.69, 9.17) is 9.47 Å². The summed E-state index contributed by atoms with van der Waals surface area (Å²) in [5.74, 6) is -1.02. The minimum Gasteiger partial charge on any atom is -0.504 e. The minimum atomic E-state index is -2.17. The Labute approximate surface area is 161 Å². The van der Waals surface area contributed by atoms with Crippen LogP contribution in [0.2, 0.25) is 0 Å². The maximum Gasteiger partial charge on any atom is 0.160 e. The van der Waals surface area contributed by atoms with E-state index in [0.29, 0.717) is 16.7 Å². The Hall–Kier alpha value is -2.52. The highest BCUT2D eigenvalue weighted by atomic mass is 16.5. The van der Waals surface area contributed by atoms with Crippen molar-refractivity contribution in [3.8, 4) is 23.0 Å². The number of rotatable bonds is 5. The average Bonchev–Trinajstić information content (AvgIpc) is 2.69. The van der Waals surface area contributed by atoms with E-state index in [0.717, 1.165) is 0 Å². The van der Waals surface area contributed by atoms with Crippen LogP contribution < -0.4 is 9.47 Å². The zero-order valence-corrected chi connectivity index (χ0v) is 15.6. The Bertz CT molecular complexity index is 883. The van der Waals surface area contributed by atoms with Crippen molar-refractivity contribution in [1.29, 1.82) is 0 Å². The number of aliphatic hydroxyl groups excluding tert-OH is 2. The summed E-state index contributed by atoms with van der Waals surface area (Å²) in [4.78, 5) is 0. The summed E-state index contributed by atoms with van der Waals surface area (Å²) >= 11 is 0. The first-order valence-electron chi connectivity index (χ1n) is 8.67. The molecule has 8 heteroatoms. The van der Waals surface area contributed by atoms with E-state index in [2.05, 4.69) is 0 Å². The lowest BCUT2D eigenvalue weighted by Gasteiger charge is -2.50. The maximum absolute atomic E-state index is 11.3. The van der Waals surface area contributed by atoms with Gasteiger partial charge in [-0.15, -0.1) is 0 Å². The third-order valence-electron chi connectivity index (χ3n) is 5.56. The molecule has 8 nitrogen and oxygen atoms in total. The molecule has 0 amide bonds. The molecular formula is C20H24O8. The molecule has 1 aliphatic carbocycles.